The Labute approximate surface area is 181 Å². The lowest BCUT2D eigenvalue weighted by Gasteiger charge is -2.20. The van der Waals surface area contributed by atoms with Gasteiger partial charge in [-0.1, -0.05) is 0 Å². The third-order valence-electron chi connectivity index (χ3n) is 4.54. The molecule has 160 valence electrons. The molecule has 0 aliphatic heterocycles. The Balaban J connectivity index is 2.47. The van der Waals surface area contributed by atoms with E-state index < -0.39 is 50.6 Å². The van der Waals surface area contributed by atoms with E-state index in [1.807, 2.05) is 0 Å². The number of aryl methyl sites for hydroxylation is 1. The molecule has 3 rings (SSSR count). The maximum absolute atomic E-state index is 15.0. The van der Waals surface area contributed by atoms with Crippen LogP contribution in [-0.2, 0) is 12.4 Å². The summed E-state index contributed by atoms with van der Waals surface area (Å²) in [5.74, 6) is -1.29. The normalized spacial score (nSPS) is 12.6. The maximum Gasteiger partial charge on any atom is 0.417 e. The van der Waals surface area contributed by atoms with Crippen molar-refractivity contribution in [3.63, 3.8) is 0 Å². The number of hydrogen-bond donors (Lipinski definition) is 0. The zero-order valence-corrected chi connectivity index (χ0v) is 18.1. The van der Waals surface area contributed by atoms with Crippen LogP contribution in [0.4, 0.5) is 30.7 Å². The topological polar surface area (TPSA) is 34.9 Å². The quantitative estimate of drug-likeness (QED) is 0.246. The zero-order chi connectivity index (χ0) is 22.8. The van der Waals surface area contributed by atoms with E-state index in [1.54, 1.807) is 0 Å². The predicted octanol–water partition coefficient (Wildman–Crippen LogP) is 7.16. The number of aldehydes is 1. The van der Waals surface area contributed by atoms with Crippen molar-refractivity contribution >= 4 is 49.0 Å². The van der Waals surface area contributed by atoms with E-state index in [2.05, 4.69) is 37.0 Å². The number of hydrogen-bond acceptors (Lipinski definition) is 2. The fourth-order valence-electron chi connectivity index (χ4n) is 3.28. The van der Waals surface area contributed by atoms with E-state index >= 15 is 4.39 Å². The largest absolute Gasteiger partial charge is 0.417 e. The molecule has 0 aliphatic carbocycles. The number of alkyl halides is 6. The van der Waals surface area contributed by atoms with Crippen molar-refractivity contribution in [3.05, 3.63) is 54.8 Å². The van der Waals surface area contributed by atoms with Crippen LogP contribution in [0.1, 0.15) is 32.6 Å². The fourth-order valence-corrected chi connectivity index (χ4v) is 4.91. The molecule has 2 aromatic carbocycles. The third-order valence-corrected chi connectivity index (χ3v) is 6.18. The molecule has 0 aliphatic rings. The highest BCUT2D eigenvalue weighted by molar-refractivity contribution is 9.11. The highest BCUT2D eigenvalue weighted by atomic mass is 79.9. The second-order valence-electron chi connectivity index (χ2n) is 6.38. The summed E-state index contributed by atoms with van der Waals surface area (Å²) in [5, 5.41) is 3.73. The second-order valence-corrected chi connectivity index (χ2v) is 7.96. The first-order chi connectivity index (χ1) is 13.7. The van der Waals surface area contributed by atoms with Crippen molar-refractivity contribution in [3.8, 4) is 5.69 Å². The van der Waals surface area contributed by atoms with E-state index in [-0.39, 0.29) is 27.2 Å². The summed E-state index contributed by atoms with van der Waals surface area (Å²) in [6.45, 7) is 2.15. The van der Waals surface area contributed by atoms with Crippen molar-refractivity contribution in [2.24, 2.45) is 0 Å². The number of nitrogens with zero attached hydrogens (tertiary/aromatic N) is 2. The molecule has 1 heterocycles. The van der Waals surface area contributed by atoms with Crippen LogP contribution in [0, 0.1) is 19.7 Å². The molecule has 1 aromatic heterocycles. The second kappa shape index (κ2) is 7.33. The Kier molecular flexibility index (Phi) is 5.55. The summed E-state index contributed by atoms with van der Waals surface area (Å²) in [7, 11) is 0. The summed E-state index contributed by atoms with van der Waals surface area (Å²) >= 11 is 5.49. The number of aromatic nitrogens is 2. The number of benzene rings is 2. The van der Waals surface area contributed by atoms with Gasteiger partial charge in [0.25, 0.3) is 0 Å². The Bertz CT molecular complexity index is 1200. The van der Waals surface area contributed by atoms with Gasteiger partial charge in [0.1, 0.15) is 5.69 Å². The van der Waals surface area contributed by atoms with Crippen molar-refractivity contribution in [2.75, 3.05) is 0 Å². The molecule has 3 aromatic rings. The molecule has 0 spiro atoms. The monoisotopic (exact) mass is 560 g/mol. The SMILES string of the molecule is Cc1cc2c(cnn2-c2c(C)c(C(F)(F)F)c(Br)c(C=O)c2F)c(Br)c1C(F)(F)F. The van der Waals surface area contributed by atoms with Gasteiger partial charge in [0.05, 0.1) is 28.4 Å². The summed E-state index contributed by atoms with van der Waals surface area (Å²) < 4.78 is 95.4. The van der Waals surface area contributed by atoms with Crippen LogP contribution in [-0.4, -0.2) is 16.1 Å². The summed E-state index contributed by atoms with van der Waals surface area (Å²) in [4.78, 5) is 11.3. The average molecular weight is 562 g/mol. The molecule has 0 fully saturated rings. The highest BCUT2D eigenvalue weighted by Gasteiger charge is 2.40. The lowest BCUT2D eigenvalue weighted by Crippen LogP contribution is -2.16. The molecule has 0 amide bonds. The maximum atomic E-state index is 15.0. The molecule has 12 heteroatoms. The van der Waals surface area contributed by atoms with Crippen LogP contribution in [0.2, 0.25) is 0 Å². The molecule has 0 unspecified atom stereocenters. The van der Waals surface area contributed by atoms with Gasteiger partial charge in [-0.15, -0.1) is 0 Å². The van der Waals surface area contributed by atoms with Gasteiger partial charge < -0.3 is 0 Å². The average Bonchev–Trinajstić information content (AvgIpc) is 2.96. The summed E-state index contributed by atoms with van der Waals surface area (Å²) in [6.07, 6.45) is -8.74. The minimum atomic E-state index is -4.94. The smallest absolute Gasteiger partial charge is 0.298 e. The number of carbonyl (C=O) groups excluding carboxylic acids is 1. The first kappa shape index (κ1) is 22.7. The van der Waals surface area contributed by atoms with Gasteiger partial charge in [-0.25, -0.2) is 9.07 Å². The first-order valence-electron chi connectivity index (χ1n) is 8.00. The van der Waals surface area contributed by atoms with Crippen molar-refractivity contribution in [2.45, 2.75) is 26.2 Å². The summed E-state index contributed by atoms with van der Waals surface area (Å²) in [5.41, 5.74) is -4.73. The Morgan fingerprint density at radius 1 is 1.00 bits per heavy atom. The van der Waals surface area contributed by atoms with Crippen molar-refractivity contribution < 1.29 is 35.5 Å². The first-order valence-corrected chi connectivity index (χ1v) is 9.58. The van der Waals surface area contributed by atoms with Crippen molar-refractivity contribution in [1.82, 2.24) is 9.78 Å². The van der Waals surface area contributed by atoms with Crippen LogP contribution < -0.4 is 0 Å². The standard InChI is InChI=1S/C18H9Br2F7N2O/c1-6-3-10-8(13(19)11(6)17(22,23)24)4-28-29(10)16-7(2)12(18(25,26)27)14(20)9(5-30)15(16)21/h3-5H,1-2H3. The molecular formula is C18H9Br2F7N2O. The van der Waals surface area contributed by atoms with Gasteiger partial charge in [-0.3, -0.25) is 4.79 Å². The number of fused-ring (bicyclic) bond motifs is 1. The van der Waals surface area contributed by atoms with Crippen LogP contribution in [0.15, 0.2) is 21.2 Å². The van der Waals surface area contributed by atoms with Gasteiger partial charge in [0, 0.05) is 14.3 Å². The molecule has 0 radical (unpaired) electrons. The van der Waals surface area contributed by atoms with E-state index in [1.165, 1.54) is 0 Å². The van der Waals surface area contributed by atoms with Gasteiger partial charge >= 0.3 is 12.4 Å². The molecule has 30 heavy (non-hydrogen) atoms. The van der Waals surface area contributed by atoms with E-state index in [0.29, 0.717) is 0 Å². The molecular weight excluding hydrogens is 553 g/mol. The van der Waals surface area contributed by atoms with Gasteiger partial charge in [-0.05, 0) is 62.9 Å². The number of halogens is 9. The minimum Gasteiger partial charge on any atom is -0.298 e. The molecule has 0 saturated heterocycles. The fraction of sp³-hybridized carbons (Fsp3) is 0.222. The molecule has 3 nitrogen and oxygen atoms in total. The van der Waals surface area contributed by atoms with Crippen LogP contribution >= 0.6 is 31.9 Å². The lowest BCUT2D eigenvalue weighted by atomic mass is 10.0. The van der Waals surface area contributed by atoms with E-state index in [4.69, 9.17) is 0 Å². The van der Waals surface area contributed by atoms with Gasteiger partial charge in [0.15, 0.2) is 12.1 Å². The Hall–Kier alpha value is -1.95. The molecule has 0 N–H and O–H groups in total. The van der Waals surface area contributed by atoms with Gasteiger partial charge in [0.2, 0.25) is 0 Å². The van der Waals surface area contributed by atoms with Crippen LogP contribution in [0.3, 0.4) is 0 Å². The minimum absolute atomic E-state index is 0.0679. The highest BCUT2D eigenvalue weighted by Crippen LogP contribution is 2.44. The number of carbonyl (C=O) groups is 1. The lowest BCUT2D eigenvalue weighted by molar-refractivity contribution is -0.139. The van der Waals surface area contributed by atoms with Crippen LogP contribution in [0.25, 0.3) is 16.6 Å². The van der Waals surface area contributed by atoms with Gasteiger partial charge in [-0.2, -0.15) is 31.4 Å². The van der Waals surface area contributed by atoms with Crippen molar-refractivity contribution in [1.29, 1.82) is 0 Å². The Morgan fingerprint density at radius 3 is 2.07 bits per heavy atom. The summed E-state index contributed by atoms with van der Waals surface area (Å²) in [6, 6.07) is 1.05. The van der Waals surface area contributed by atoms with E-state index in [0.717, 1.165) is 30.8 Å². The molecule has 0 bridgehead atoms. The molecule has 0 saturated carbocycles. The van der Waals surface area contributed by atoms with E-state index in [9.17, 15) is 31.1 Å². The number of rotatable bonds is 2. The third kappa shape index (κ3) is 3.43. The van der Waals surface area contributed by atoms with Crippen LogP contribution in [0.5, 0.6) is 0 Å². The zero-order valence-electron chi connectivity index (χ0n) is 14.9. The molecule has 0 atom stereocenters. The Morgan fingerprint density at radius 2 is 1.57 bits per heavy atom. The predicted molar refractivity (Wildman–Crippen MR) is 101 cm³/mol.